The van der Waals surface area contributed by atoms with Crippen molar-refractivity contribution in [2.45, 2.75) is 37.3 Å². The van der Waals surface area contributed by atoms with E-state index in [-0.39, 0.29) is 17.3 Å². The van der Waals surface area contributed by atoms with Gasteiger partial charge in [0.2, 0.25) is 0 Å². The second-order valence-electron chi connectivity index (χ2n) is 5.54. The zero-order valence-corrected chi connectivity index (χ0v) is 15.0. The molecule has 1 aromatic carbocycles. The van der Waals surface area contributed by atoms with Crippen LogP contribution in [0.1, 0.15) is 31.6 Å². The number of carbonyl (C=O) groups excluding carboxylic acids is 1. The van der Waals surface area contributed by atoms with Gasteiger partial charge >= 0.3 is 5.97 Å². The van der Waals surface area contributed by atoms with E-state index in [1.807, 2.05) is 4.57 Å². The molecule has 3 rings (SSSR count). The summed E-state index contributed by atoms with van der Waals surface area (Å²) in [5, 5.41) is 0.432. The van der Waals surface area contributed by atoms with Crippen LogP contribution in [0.2, 0.25) is 0 Å². The number of sulfone groups is 1. The van der Waals surface area contributed by atoms with E-state index in [0.717, 1.165) is 12.3 Å². The molecule has 2 heterocycles. The highest BCUT2D eigenvalue weighted by Gasteiger charge is 2.33. The lowest BCUT2D eigenvalue weighted by molar-refractivity contribution is -0.149. The number of fused-ring (bicyclic) bond motifs is 3. The minimum atomic E-state index is -3.60. The summed E-state index contributed by atoms with van der Waals surface area (Å²) in [5.41, 5.74) is 1.17. The van der Waals surface area contributed by atoms with Crippen LogP contribution in [0.25, 0.3) is 10.9 Å². The van der Waals surface area contributed by atoms with Crippen LogP contribution in [0.4, 0.5) is 4.39 Å². The molecular weight excluding hydrogens is 389 g/mol. The van der Waals surface area contributed by atoms with Crippen LogP contribution in [-0.4, -0.2) is 25.2 Å². The molecule has 1 unspecified atom stereocenters. The van der Waals surface area contributed by atoms with Crippen molar-refractivity contribution in [1.29, 1.82) is 0 Å². The van der Waals surface area contributed by atoms with Gasteiger partial charge in [-0.3, -0.25) is 4.79 Å². The van der Waals surface area contributed by atoms with Crippen LogP contribution >= 0.6 is 15.9 Å². The van der Waals surface area contributed by atoms with Crippen LogP contribution in [0.3, 0.4) is 0 Å². The summed E-state index contributed by atoms with van der Waals surface area (Å²) in [4.78, 5) is 11.5. The molecule has 5 nitrogen and oxygen atoms in total. The van der Waals surface area contributed by atoms with E-state index >= 15 is 0 Å². The van der Waals surface area contributed by atoms with Gasteiger partial charge in [0.25, 0.3) is 0 Å². The minimum Gasteiger partial charge on any atom is -0.456 e. The van der Waals surface area contributed by atoms with E-state index in [1.165, 1.54) is 6.07 Å². The predicted molar refractivity (Wildman–Crippen MR) is 86.4 cm³/mol. The quantitative estimate of drug-likeness (QED) is 0.737. The fourth-order valence-electron chi connectivity index (χ4n) is 2.97. The first-order chi connectivity index (χ1) is 10.7. The summed E-state index contributed by atoms with van der Waals surface area (Å²) in [6, 6.07) is 2.33. The number of halogens is 2. The molecule has 0 saturated carbocycles. The smallest absolute Gasteiger partial charge is 0.306 e. The summed E-state index contributed by atoms with van der Waals surface area (Å²) in [7, 11) is -3.60. The van der Waals surface area contributed by atoms with Gasteiger partial charge in [0.15, 0.2) is 9.84 Å². The summed E-state index contributed by atoms with van der Waals surface area (Å²) >= 11 is 3.42. The Hall–Kier alpha value is -1.41. The molecule has 1 aliphatic heterocycles. The maximum Gasteiger partial charge on any atom is 0.306 e. The number of aryl methyl sites for hydroxylation is 1. The van der Waals surface area contributed by atoms with Gasteiger partial charge in [-0.05, 0) is 28.1 Å². The lowest BCUT2D eigenvalue weighted by atomic mass is 10.2. The number of rotatable bonds is 3. The molecular formula is C15H15BrFNO4S. The number of hydrogen-bond acceptors (Lipinski definition) is 4. The Morgan fingerprint density at radius 3 is 2.78 bits per heavy atom. The SMILES string of the molecule is CCC(=O)OC1CCn2c1c(Br)c1c(S(C)(=O)=O)cc(F)cc12. The molecule has 0 radical (unpaired) electrons. The van der Waals surface area contributed by atoms with E-state index in [1.54, 1.807) is 6.92 Å². The Morgan fingerprint density at radius 1 is 1.48 bits per heavy atom. The average molecular weight is 404 g/mol. The van der Waals surface area contributed by atoms with Gasteiger partial charge in [0, 0.05) is 31.0 Å². The molecule has 0 N–H and O–H groups in total. The molecule has 0 spiro atoms. The highest BCUT2D eigenvalue weighted by Crippen LogP contribution is 2.44. The molecule has 124 valence electrons. The second-order valence-corrected chi connectivity index (χ2v) is 8.32. The molecule has 0 bridgehead atoms. The molecule has 23 heavy (non-hydrogen) atoms. The summed E-state index contributed by atoms with van der Waals surface area (Å²) < 4.78 is 45.7. The number of ether oxygens (including phenoxy) is 1. The van der Waals surface area contributed by atoms with Gasteiger partial charge in [-0.25, -0.2) is 12.8 Å². The van der Waals surface area contributed by atoms with Crippen molar-refractivity contribution in [3.8, 4) is 0 Å². The lowest BCUT2D eigenvalue weighted by Gasteiger charge is -2.11. The minimum absolute atomic E-state index is 0.0677. The molecule has 0 saturated heterocycles. The highest BCUT2D eigenvalue weighted by molar-refractivity contribution is 9.10. The van der Waals surface area contributed by atoms with Crippen molar-refractivity contribution in [2.24, 2.45) is 0 Å². The first kappa shape index (κ1) is 16.4. The lowest BCUT2D eigenvalue weighted by Crippen LogP contribution is -2.08. The van der Waals surface area contributed by atoms with Gasteiger partial charge in [0.1, 0.15) is 11.9 Å². The van der Waals surface area contributed by atoms with Crippen molar-refractivity contribution in [1.82, 2.24) is 4.57 Å². The van der Waals surface area contributed by atoms with E-state index in [2.05, 4.69) is 15.9 Å². The van der Waals surface area contributed by atoms with Crippen LogP contribution < -0.4 is 0 Å². The Morgan fingerprint density at radius 2 is 2.17 bits per heavy atom. The third kappa shape index (κ3) is 2.67. The maximum atomic E-state index is 13.9. The van der Waals surface area contributed by atoms with Crippen LogP contribution in [0, 0.1) is 5.82 Å². The number of hydrogen-bond donors (Lipinski definition) is 0. The van der Waals surface area contributed by atoms with Gasteiger partial charge < -0.3 is 9.30 Å². The third-order valence-corrected chi connectivity index (χ3v) is 5.88. The number of esters is 1. The number of nitrogens with zero attached hydrogens (tertiary/aromatic N) is 1. The monoisotopic (exact) mass is 403 g/mol. The molecule has 2 aromatic rings. The molecule has 1 aromatic heterocycles. The summed E-state index contributed by atoms with van der Waals surface area (Å²) in [6.07, 6.45) is 1.43. The molecule has 0 aliphatic carbocycles. The molecule has 1 aliphatic rings. The topological polar surface area (TPSA) is 65.4 Å². The van der Waals surface area contributed by atoms with E-state index in [9.17, 15) is 17.6 Å². The molecule has 0 fully saturated rings. The van der Waals surface area contributed by atoms with Crippen molar-refractivity contribution in [3.05, 3.63) is 28.1 Å². The number of aromatic nitrogens is 1. The first-order valence-corrected chi connectivity index (χ1v) is 9.83. The van der Waals surface area contributed by atoms with E-state index < -0.39 is 21.8 Å². The first-order valence-electron chi connectivity index (χ1n) is 7.14. The second kappa shape index (κ2) is 5.59. The highest BCUT2D eigenvalue weighted by atomic mass is 79.9. The predicted octanol–water partition coefficient (Wildman–Crippen LogP) is 3.34. The van der Waals surface area contributed by atoms with Gasteiger partial charge in [-0.2, -0.15) is 0 Å². The zero-order chi connectivity index (χ0) is 16.9. The van der Waals surface area contributed by atoms with E-state index in [4.69, 9.17) is 4.74 Å². The average Bonchev–Trinajstić information content (AvgIpc) is 2.98. The maximum absolute atomic E-state index is 13.9. The Kier molecular flexibility index (Phi) is 4.00. The molecule has 0 amide bonds. The zero-order valence-electron chi connectivity index (χ0n) is 12.6. The fraction of sp³-hybridized carbons (Fsp3) is 0.400. The Bertz CT molecular complexity index is 919. The van der Waals surface area contributed by atoms with Crippen molar-refractivity contribution >= 4 is 42.6 Å². The van der Waals surface area contributed by atoms with Gasteiger partial charge in [0.05, 0.1) is 20.6 Å². The standard InChI is InChI=1S/C15H15BrFNO4S/c1-3-12(19)22-10-4-5-18-9-6-8(17)7-11(23(2,20)21)13(9)14(16)15(10)18/h6-7,10H,3-5H2,1-2H3. The van der Waals surface area contributed by atoms with E-state index in [0.29, 0.717) is 34.0 Å². The fourth-order valence-corrected chi connectivity index (χ4v) is 4.89. The van der Waals surface area contributed by atoms with Crippen molar-refractivity contribution in [3.63, 3.8) is 0 Å². The third-order valence-electron chi connectivity index (χ3n) is 3.95. The molecule has 8 heteroatoms. The Labute approximate surface area is 141 Å². The van der Waals surface area contributed by atoms with Crippen molar-refractivity contribution in [2.75, 3.05) is 6.26 Å². The summed E-state index contributed by atoms with van der Waals surface area (Å²) in [5.74, 6) is -0.935. The van der Waals surface area contributed by atoms with Crippen LogP contribution in [-0.2, 0) is 25.9 Å². The van der Waals surface area contributed by atoms with Gasteiger partial charge in [-0.1, -0.05) is 6.92 Å². The van der Waals surface area contributed by atoms with Crippen molar-refractivity contribution < 1.29 is 22.3 Å². The normalized spacial score (nSPS) is 17.5. The summed E-state index contributed by atoms with van der Waals surface area (Å²) in [6.45, 7) is 2.24. The van der Waals surface area contributed by atoms with Crippen LogP contribution in [0.5, 0.6) is 0 Å². The Balaban J connectivity index is 2.27. The van der Waals surface area contributed by atoms with Gasteiger partial charge in [-0.15, -0.1) is 0 Å². The number of benzene rings is 1. The largest absolute Gasteiger partial charge is 0.456 e. The van der Waals surface area contributed by atoms with Crippen LogP contribution in [0.15, 0.2) is 21.5 Å². The molecule has 1 atom stereocenters. The number of carbonyl (C=O) groups is 1.